The van der Waals surface area contributed by atoms with Gasteiger partial charge in [0.15, 0.2) is 0 Å². The summed E-state index contributed by atoms with van der Waals surface area (Å²) in [7, 11) is 5.69. The molecule has 1 fully saturated rings. The highest BCUT2D eigenvalue weighted by molar-refractivity contribution is 8.78. The Hall–Kier alpha value is -2.46. The lowest BCUT2D eigenvalue weighted by Crippen LogP contribution is -2.47. The molecule has 1 nitrogen and oxygen atoms in total. The number of methoxy groups -OCH3 is 1. The van der Waals surface area contributed by atoms with Crippen molar-refractivity contribution < 1.29 is 4.74 Å². The number of benzene rings is 4. The maximum Gasteiger partial charge on any atom is 0.105 e. The number of rotatable bonds is 5. The Kier molecular flexibility index (Phi) is 5.66. The summed E-state index contributed by atoms with van der Waals surface area (Å²) in [5.74, 6) is 0. The van der Waals surface area contributed by atoms with Crippen molar-refractivity contribution in [3.05, 3.63) is 144 Å². The molecule has 154 valence electrons. The van der Waals surface area contributed by atoms with Gasteiger partial charge >= 0.3 is 0 Å². The van der Waals surface area contributed by atoms with E-state index >= 15 is 0 Å². The molecule has 1 saturated heterocycles. The molecule has 0 spiro atoms. The van der Waals surface area contributed by atoms with E-state index in [2.05, 4.69) is 121 Å². The smallest absolute Gasteiger partial charge is 0.105 e. The maximum absolute atomic E-state index is 6.52. The standard InChI is InChI=1S/C28H24OS2/c1-29-26-27(22-14-6-2-7-15-22,23-16-8-3-9-17-23)30-31-28(26,24-18-10-4-11-19-24)25-20-12-5-13-21-25/h2-21,26H,1H3. The molecule has 0 radical (unpaired) electrons. The van der Waals surface area contributed by atoms with Crippen LogP contribution in [0.2, 0.25) is 0 Å². The second kappa shape index (κ2) is 8.58. The van der Waals surface area contributed by atoms with E-state index in [0.29, 0.717) is 0 Å². The molecule has 1 aliphatic rings. The van der Waals surface area contributed by atoms with Crippen molar-refractivity contribution in [1.82, 2.24) is 0 Å². The predicted molar refractivity (Wildman–Crippen MR) is 133 cm³/mol. The molecule has 0 unspecified atom stereocenters. The van der Waals surface area contributed by atoms with E-state index in [1.54, 1.807) is 0 Å². The van der Waals surface area contributed by atoms with Gasteiger partial charge in [-0.05, 0) is 22.3 Å². The molecule has 0 saturated carbocycles. The van der Waals surface area contributed by atoms with Crippen molar-refractivity contribution in [2.45, 2.75) is 15.6 Å². The first-order chi connectivity index (χ1) is 15.3. The van der Waals surface area contributed by atoms with Crippen LogP contribution in [0, 0.1) is 0 Å². The fourth-order valence-electron chi connectivity index (χ4n) is 4.71. The molecule has 3 heteroatoms. The summed E-state index contributed by atoms with van der Waals surface area (Å²) < 4.78 is 5.81. The molecule has 0 N–H and O–H groups in total. The average molecular weight is 441 g/mol. The van der Waals surface area contributed by atoms with Crippen LogP contribution in [0.15, 0.2) is 121 Å². The SMILES string of the molecule is COC1C(c2ccccc2)(c2ccccc2)SSC1(c1ccccc1)c1ccccc1. The van der Waals surface area contributed by atoms with Gasteiger partial charge in [-0.3, -0.25) is 0 Å². The average Bonchev–Trinajstić information content (AvgIpc) is 3.23. The molecule has 4 aromatic rings. The highest BCUT2D eigenvalue weighted by atomic mass is 33.1. The first-order valence-electron chi connectivity index (χ1n) is 10.4. The topological polar surface area (TPSA) is 9.23 Å². The first kappa shape index (κ1) is 20.4. The maximum atomic E-state index is 6.52. The van der Waals surface area contributed by atoms with Crippen LogP contribution < -0.4 is 0 Å². The summed E-state index contributed by atoms with van der Waals surface area (Å²) in [6, 6.07) is 43.2. The van der Waals surface area contributed by atoms with Crippen LogP contribution in [0.1, 0.15) is 22.3 Å². The quantitative estimate of drug-likeness (QED) is 0.302. The molecule has 0 aromatic heterocycles. The molecule has 5 rings (SSSR count). The minimum Gasteiger partial charge on any atom is -0.377 e. The van der Waals surface area contributed by atoms with Gasteiger partial charge in [0, 0.05) is 7.11 Å². The van der Waals surface area contributed by atoms with Crippen molar-refractivity contribution in [3.8, 4) is 0 Å². The summed E-state index contributed by atoms with van der Waals surface area (Å²) in [6.45, 7) is 0. The Morgan fingerprint density at radius 2 is 0.742 bits per heavy atom. The van der Waals surface area contributed by atoms with Gasteiger partial charge < -0.3 is 4.74 Å². The van der Waals surface area contributed by atoms with Gasteiger partial charge in [-0.2, -0.15) is 0 Å². The van der Waals surface area contributed by atoms with Crippen LogP contribution in [-0.4, -0.2) is 13.2 Å². The van der Waals surface area contributed by atoms with Crippen LogP contribution in [0.25, 0.3) is 0 Å². The van der Waals surface area contributed by atoms with Gasteiger partial charge in [-0.1, -0.05) is 143 Å². The molecule has 4 aromatic carbocycles. The molecular formula is C28H24OS2. The van der Waals surface area contributed by atoms with E-state index in [9.17, 15) is 0 Å². The molecular weight excluding hydrogens is 416 g/mol. The summed E-state index contributed by atoms with van der Waals surface area (Å²) in [5.41, 5.74) is 5.05. The summed E-state index contributed by atoms with van der Waals surface area (Å²) in [4.78, 5) is 0. The third-order valence-electron chi connectivity index (χ3n) is 6.09. The monoisotopic (exact) mass is 440 g/mol. The highest BCUT2D eigenvalue weighted by Crippen LogP contribution is 2.70. The third kappa shape index (κ3) is 3.23. The lowest BCUT2D eigenvalue weighted by molar-refractivity contribution is 0.0583. The largest absolute Gasteiger partial charge is 0.377 e. The van der Waals surface area contributed by atoms with Crippen LogP contribution >= 0.6 is 21.6 Å². The predicted octanol–water partition coefficient (Wildman–Crippen LogP) is 7.28. The second-order valence-electron chi connectivity index (χ2n) is 7.72. The van der Waals surface area contributed by atoms with Gasteiger partial charge in [0.2, 0.25) is 0 Å². The van der Waals surface area contributed by atoms with Crippen molar-refractivity contribution in [1.29, 1.82) is 0 Å². The van der Waals surface area contributed by atoms with E-state index in [1.165, 1.54) is 22.3 Å². The zero-order chi connectivity index (χ0) is 21.2. The Morgan fingerprint density at radius 1 is 0.484 bits per heavy atom. The summed E-state index contributed by atoms with van der Waals surface area (Å²) in [5, 5.41) is 0. The van der Waals surface area contributed by atoms with Crippen LogP contribution in [-0.2, 0) is 14.2 Å². The fourth-order valence-corrected chi connectivity index (χ4v) is 9.17. The Morgan fingerprint density at radius 3 is 0.968 bits per heavy atom. The van der Waals surface area contributed by atoms with E-state index in [0.717, 1.165) is 0 Å². The van der Waals surface area contributed by atoms with Gasteiger partial charge in [-0.25, -0.2) is 0 Å². The fraction of sp³-hybridized carbons (Fsp3) is 0.143. The second-order valence-corrected chi connectivity index (χ2v) is 10.3. The number of hydrogen-bond donors (Lipinski definition) is 0. The molecule has 1 aliphatic heterocycles. The minimum absolute atomic E-state index is 0.121. The van der Waals surface area contributed by atoms with Crippen molar-refractivity contribution in [2.75, 3.05) is 7.11 Å². The van der Waals surface area contributed by atoms with Gasteiger partial charge in [-0.15, -0.1) is 0 Å². The Bertz CT molecular complexity index is 945. The van der Waals surface area contributed by atoms with E-state index in [4.69, 9.17) is 4.74 Å². The highest BCUT2D eigenvalue weighted by Gasteiger charge is 2.62. The zero-order valence-electron chi connectivity index (χ0n) is 17.3. The summed E-state index contributed by atoms with van der Waals surface area (Å²) in [6.07, 6.45) is -0.121. The zero-order valence-corrected chi connectivity index (χ0v) is 19.0. The van der Waals surface area contributed by atoms with Crippen molar-refractivity contribution in [3.63, 3.8) is 0 Å². The van der Waals surface area contributed by atoms with E-state index in [-0.39, 0.29) is 15.6 Å². The molecule has 0 aliphatic carbocycles. The van der Waals surface area contributed by atoms with Gasteiger partial charge in [0.05, 0.1) is 0 Å². The van der Waals surface area contributed by atoms with E-state index in [1.807, 2.05) is 28.7 Å². The molecule has 1 heterocycles. The Balaban J connectivity index is 1.81. The van der Waals surface area contributed by atoms with Crippen LogP contribution in [0.4, 0.5) is 0 Å². The van der Waals surface area contributed by atoms with E-state index < -0.39 is 0 Å². The third-order valence-corrected chi connectivity index (χ3v) is 9.90. The lowest BCUT2D eigenvalue weighted by atomic mass is 9.74. The van der Waals surface area contributed by atoms with Crippen LogP contribution in [0.5, 0.6) is 0 Å². The normalized spacial score (nSPS) is 17.5. The van der Waals surface area contributed by atoms with Gasteiger partial charge in [0.25, 0.3) is 0 Å². The first-order valence-corrected chi connectivity index (χ1v) is 12.6. The molecule has 0 amide bonds. The van der Waals surface area contributed by atoms with Crippen molar-refractivity contribution in [2.24, 2.45) is 0 Å². The molecule has 0 bridgehead atoms. The summed E-state index contributed by atoms with van der Waals surface area (Å²) >= 11 is 0. The minimum atomic E-state index is -0.354. The number of hydrogen-bond acceptors (Lipinski definition) is 3. The lowest BCUT2D eigenvalue weighted by Gasteiger charge is -2.41. The number of ether oxygens (including phenoxy) is 1. The molecule has 31 heavy (non-hydrogen) atoms. The van der Waals surface area contributed by atoms with Crippen molar-refractivity contribution >= 4 is 21.6 Å². The molecule has 0 atom stereocenters. The Labute approximate surface area is 192 Å². The van der Waals surface area contributed by atoms with Crippen LogP contribution in [0.3, 0.4) is 0 Å². The van der Waals surface area contributed by atoms with Gasteiger partial charge in [0.1, 0.15) is 15.6 Å².